The summed E-state index contributed by atoms with van der Waals surface area (Å²) in [5.41, 5.74) is 2.74. The molecule has 1 aliphatic heterocycles. The summed E-state index contributed by atoms with van der Waals surface area (Å²) in [4.78, 5) is 14.7. The van der Waals surface area contributed by atoms with E-state index in [4.69, 9.17) is 0 Å². The van der Waals surface area contributed by atoms with Crippen molar-refractivity contribution in [3.63, 3.8) is 0 Å². The van der Waals surface area contributed by atoms with Crippen molar-refractivity contribution < 1.29 is 4.79 Å². The van der Waals surface area contributed by atoms with E-state index in [9.17, 15) is 4.79 Å². The Bertz CT molecular complexity index is 520. The Morgan fingerprint density at radius 3 is 2.57 bits per heavy atom. The van der Waals surface area contributed by atoms with Crippen LogP contribution in [0.5, 0.6) is 0 Å². The smallest absolute Gasteiger partial charge is 0.225 e. The van der Waals surface area contributed by atoms with Crippen LogP contribution in [0.1, 0.15) is 36.8 Å². The van der Waals surface area contributed by atoms with Crippen molar-refractivity contribution in [1.82, 2.24) is 10.2 Å². The van der Waals surface area contributed by atoms with Gasteiger partial charge in [-0.15, -0.1) is 0 Å². The van der Waals surface area contributed by atoms with E-state index in [1.54, 1.807) is 0 Å². The highest BCUT2D eigenvalue weighted by Gasteiger charge is 2.29. The van der Waals surface area contributed by atoms with Gasteiger partial charge in [0.25, 0.3) is 0 Å². The third-order valence-electron chi connectivity index (χ3n) is 5.24. The number of amides is 1. The van der Waals surface area contributed by atoms with E-state index >= 15 is 0 Å². The second kappa shape index (κ2) is 8.20. The van der Waals surface area contributed by atoms with Gasteiger partial charge in [-0.1, -0.05) is 24.3 Å². The van der Waals surface area contributed by atoms with E-state index in [-0.39, 0.29) is 5.92 Å². The Hall–Kier alpha value is -1.00. The molecule has 3 rings (SSSR count). The van der Waals surface area contributed by atoms with Gasteiger partial charge in [0, 0.05) is 43.1 Å². The Kier molecular flexibility index (Phi) is 6.01. The summed E-state index contributed by atoms with van der Waals surface area (Å²) >= 11 is 1.96. The van der Waals surface area contributed by atoms with Crippen molar-refractivity contribution in [2.45, 2.75) is 45.2 Å². The van der Waals surface area contributed by atoms with Gasteiger partial charge in [-0.3, -0.25) is 4.79 Å². The van der Waals surface area contributed by atoms with E-state index in [0.29, 0.717) is 11.9 Å². The standard InChI is InChI=1S/C19H28N2OS/c1-15-4-2-3-5-17(15)14-20-18-8-6-16(7-9-18)19(22)21-10-12-23-13-11-21/h2-5,16,18,20H,6-14H2,1H3. The minimum atomic E-state index is 0.273. The van der Waals surface area contributed by atoms with Gasteiger partial charge in [-0.25, -0.2) is 0 Å². The Morgan fingerprint density at radius 2 is 1.87 bits per heavy atom. The maximum Gasteiger partial charge on any atom is 0.225 e. The van der Waals surface area contributed by atoms with Gasteiger partial charge < -0.3 is 10.2 Å². The Morgan fingerprint density at radius 1 is 1.17 bits per heavy atom. The van der Waals surface area contributed by atoms with Gasteiger partial charge in [0.2, 0.25) is 5.91 Å². The number of carbonyl (C=O) groups is 1. The summed E-state index contributed by atoms with van der Waals surface area (Å²) in [6.07, 6.45) is 4.36. The lowest BCUT2D eigenvalue weighted by atomic mass is 9.85. The molecule has 1 aromatic carbocycles. The molecule has 126 valence electrons. The van der Waals surface area contributed by atoms with E-state index in [1.807, 2.05) is 11.8 Å². The molecule has 1 amide bonds. The molecule has 4 heteroatoms. The molecule has 23 heavy (non-hydrogen) atoms. The zero-order valence-electron chi connectivity index (χ0n) is 14.1. The monoisotopic (exact) mass is 332 g/mol. The van der Waals surface area contributed by atoms with Crippen LogP contribution in [0.2, 0.25) is 0 Å². The largest absolute Gasteiger partial charge is 0.341 e. The molecule has 1 N–H and O–H groups in total. The van der Waals surface area contributed by atoms with Crippen molar-refractivity contribution in [2.24, 2.45) is 5.92 Å². The summed E-state index contributed by atoms with van der Waals surface area (Å²) < 4.78 is 0. The Balaban J connectivity index is 1.43. The van der Waals surface area contributed by atoms with E-state index < -0.39 is 0 Å². The van der Waals surface area contributed by atoms with Gasteiger partial charge >= 0.3 is 0 Å². The molecule has 1 aromatic rings. The lowest BCUT2D eigenvalue weighted by Crippen LogP contribution is -2.44. The predicted molar refractivity (Wildman–Crippen MR) is 97.7 cm³/mol. The lowest BCUT2D eigenvalue weighted by molar-refractivity contribution is -0.136. The first-order chi connectivity index (χ1) is 11.2. The first kappa shape index (κ1) is 16.8. The summed E-state index contributed by atoms with van der Waals surface area (Å²) in [6.45, 7) is 5.02. The van der Waals surface area contributed by atoms with Crippen LogP contribution in [0.15, 0.2) is 24.3 Å². The number of hydrogen-bond donors (Lipinski definition) is 1. The molecule has 2 aliphatic rings. The number of nitrogens with one attached hydrogen (secondary N) is 1. The molecule has 2 fully saturated rings. The SMILES string of the molecule is Cc1ccccc1CNC1CCC(C(=O)N2CCSCC2)CC1. The minimum Gasteiger partial charge on any atom is -0.341 e. The number of nitrogens with zero attached hydrogens (tertiary/aromatic N) is 1. The normalized spacial score (nSPS) is 25.3. The average molecular weight is 333 g/mol. The molecule has 0 atom stereocenters. The topological polar surface area (TPSA) is 32.3 Å². The number of hydrogen-bond acceptors (Lipinski definition) is 3. The summed E-state index contributed by atoms with van der Waals surface area (Å²) in [5.74, 6) is 2.91. The van der Waals surface area contributed by atoms with Crippen LogP contribution in [0.3, 0.4) is 0 Å². The highest BCUT2D eigenvalue weighted by molar-refractivity contribution is 7.99. The van der Waals surface area contributed by atoms with Crippen molar-refractivity contribution >= 4 is 17.7 Å². The van der Waals surface area contributed by atoms with Gasteiger partial charge in [-0.05, 0) is 43.7 Å². The highest BCUT2D eigenvalue weighted by Crippen LogP contribution is 2.27. The van der Waals surface area contributed by atoms with Crippen LogP contribution in [0, 0.1) is 12.8 Å². The van der Waals surface area contributed by atoms with Crippen LogP contribution >= 0.6 is 11.8 Å². The lowest BCUT2D eigenvalue weighted by Gasteiger charge is -2.34. The molecule has 1 saturated heterocycles. The number of carbonyl (C=O) groups excluding carboxylic acids is 1. The molecule has 3 nitrogen and oxygen atoms in total. The second-order valence-corrected chi connectivity index (χ2v) is 8.02. The van der Waals surface area contributed by atoms with E-state index in [1.165, 1.54) is 11.1 Å². The zero-order valence-corrected chi connectivity index (χ0v) is 14.9. The van der Waals surface area contributed by atoms with E-state index in [0.717, 1.165) is 56.8 Å². The van der Waals surface area contributed by atoms with E-state index in [2.05, 4.69) is 41.4 Å². The molecular formula is C19H28N2OS. The maximum atomic E-state index is 12.6. The van der Waals surface area contributed by atoms with Crippen LogP contribution in [0.4, 0.5) is 0 Å². The fraction of sp³-hybridized carbons (Fsp3) is 0.632. The molecule has 1 aliphatic carbocycles. The van der Waals surface area contributed by atoms with Gasteiger partial charge in [0.15, 0.2) is 0 Å². The fourth-order valence-electron chi connectivity index (χ4n) is 3.65. The number of rotatable bonds is 4. The van der Waals surface area contributed by atoms with Gasteiger partial charge in [0.1, 0.15) is 0 Å². The zero-order chi connectivity index (χ0) is 16.1. The summed E-state index contributed by atoms with van der Waals surface area (Å²) in [7, 11) is 0. The molecule has 0 spiro atoms. The van der Waals surface area contributed by atoms with Crippen molar-refractivity contribution in [1.29, 1.82) is 0 Å². The second-order valence-electron chi connectivity index (χ2n) is 6.79. The van der Waals surface area contributed by atoms with Crippen molar-refractivity contribution in [3.8, 4) is 0 Å². The highest BCUT2D eigenvalue weighted by atomic mass is 32.2. The summed E-state index contributed by atoms with van der Waals surface area (Å²) in [5, 5.41) is 3.69. The van der Waals surface area contributed by atoms with Gasteiger partial charge in [0.05, 0.1) is 0 Å². The molecule has 0 bridgehead atoms. The minimum absolute atomic E-state index is 0.273. The van der Waals surface area contributed by atoms with Crippen LogP contribution in [-0.4, -0.2) is 41.4 Å². The first-order valence-electron chi connectivity index (χ1n) is 8.88. The molecule has 0 radical (unpaired) electrons. The third kappa shape index (κ3) is 4.51. The molecule has 1 heterocycles. The number of benzene rings is 1. The van der Waals surface area contributed by atoms with Gasteiger partial charge in [-0.2, -0.15) is 11.8 Å². The molecule has 1 saturated carbocycles. The average Bonchev–Trinajstić information content (AvgIpc) is 2.62. The molecule has 0 aromatic heterocycles. The fourth-order valence-corrected chi connectivity index (χ4v) is 4.55. The predicted octanol–water partition coefficient (Wildman–Crippen LogP) is 3.22. The van der Waals surface area contributed by atoms with Crippen LogP contribution in [-0.2, 0) is 11.3 Å². The first-order valence-corrected chi connectivity index (χ1v) is 10.0. The van der Waals surface area contributed by atoms with Crippen LogP contribution < -0.4 is 5.32 Å². The third-order valence-corrected chi connectivity index (χ3v) is 6.18. The molecule has 0 unspecified atom stereocenters. The number of thioether (sulfide) groups is 1. The number of aryl methyl sites for hydroxylation is 1. The summed E-state index contributed by atoms with van der Waals surface area (Å²) in [6, 6.07) is 9.14. The Labute approximate surface area is 144 Å². The van der Waals surface area contributed by atoms with Crippen molar-refractivity contribution in [2.75, 3.05) is 24.6 Å². The maximum absolute atomic E-state index is 12.6. The van der Waals surface area contributed by atoms with Crippen LogP contribution in [0.25, 0.3) is 0 Å². The quantitative estimate of drug-likeness (QED) is 0.919. The molecular weight excluding hydrogens is 304 g/mol. The van der Waals surface area contributed by atoms with Crippen molar-refractivity contribution in [3.05, 3.63) is 35.4 Å².